The number of rotatable bonds is 5. The van der Waals surface area contributed by atoms with Crippen LogP contribution >= 0.6 is 0 Å². The third kappa shape index (κ3) is 3.98. The standard InChI is InChI=1S/C30H50O/c1-21(8-7-11-22-9-5-4-6-10-22)26-14-15-27-25-13-12-23-20-24(31)16-18-29(23,2)28(25)17-19-30(26,27)3/h12,21-22,24-28,31H,4-11,13-20H2,1-3H3/t21?,24-,25?,26+,27?,28?,29?,30?/m0/s1. The second-order valence-corrected chi connectivity index (χ2v) is 13.3. The molecule has 5 aliphatic rings. The number of hydrogen-bond acceptors (Lipinski definition) is 1. The maximum atomic E-state index is 10.3. The summed E-state index contributed by atoms with van der Waals surface area (Å²) in [5.41, 5.74) is 2.62. The highest BCUT2D eigenvalue weighted by atomic mass is 16.3. The lowest BCUT2D eigenvalue weighted by atomic mass is 9.47. The molecule has 0 aliphatic heterocycles. The van der Waals surface area contributed by atoms with Gasteiger partial charge in [-0.15, -0.1) is 0 Å². The molecule has 0 radical (unpaired) electrons. The molecule has 0 spiro atoms. The van der Waals surface area contributed by atoms with E-state index in [-0.39, 0.29) is 6.10 Å². The maximum absolute atomic E-state index is 10.3. The molecule has 31 heavy (non-hydrogen) atoms. The maximum Gasteiger partial charge on any atom is 0.0577 e. The molecule has 0 amide bonds. The molecule has 6 unspecified atom stereocenters. The highest BCUT2D eigenvalue weighted by Gasteiger charge is 2.59. The van der Waals surface area contributed by atoms with E-state index in [4.69, 9.17) is 0 Å². The molecule has 0 saturated heterocycles. The van der Waals surface area contributed by atoms with Gasteiger partial charge in [0.15, 0.2) is 0 Å². The first-order valence-electron chi connectivity index (χ1n) is 14.3. The minimum Gasteiger partial charge on any atom is -0.393 e. The topological polar surface area (TPSA) is 20.2 Å². The summed E-state index contributed by atoms with van der Waals surface area (Å²) in [6, 6.07) is 0. The lowest BCUT2D eigenvalue weighted by molar-refractivity contribution is -0.0573. The van der Waals surface area contributed by atoms with Crippen molar-refractivity contribution in [2.24, 2.45) is 46.3 Å². The molecule has 0 aromatic heterocycles. The molecular weight excluding hydrogens is 376 g/mol. The first-order chi connectivity index (χ1) is 14.9. The van der Waals surface area contributed by atoms with Gasteiger partial charge in [0.05, 0.1) is 6.10 Å². The van der Waals surface area contributed by atoms with E-state index < -0.39 is 0 Å². The first-order valence-corrected chi connectivity index (χ1v) is 14.3. The number of hydrogen-bond donors (Lipinski definition) is 1. The number of allylic oxidation sites excluding steroid dienone is 1. The van der Waals surface area contributed by atoms with Crippen LogP contribution in [0.1, 0.15) is 124 Å². The zero-order chi connectivity index (χ0) is 21.6. The van der Waals surface area contributed by atoms with Crippen LogP contribution in [0.5, 0.6) is 0 Å². The van der Waals surface area contributed by atoms with Crippen LogP contribution < -0.4 is 0 Å². The minimum atomic E-state index is -0.0740. The van der Waals surface area contributed by atoms with Crippen LogP contribution in [0.15, 0.2) is 11.6 Å². The van der Waals surface area contributed by atoms with Gasteiger partial charge >= 0.3 is 0 Å². The van der Waals surface area contributed by atoms with Crippen LogP contribution in [-0.4, -0.2) is 11.2 Å². The number of fused-ring (bicyclic) bond motifs is 5. The SMILES string of the molecule is CC(CCCC1CCCCC1)[C@H]1CCC2C3CC=C4C[C@@H](O)CCC4(C)C3CCC21C. The second-order valence-electron chi connectivity index (χ2n) is 13.3. The van der Waals surface area contributed by atoms with Crippen molar-refractivity contribution < 1.29 is 5.11 Å². The molecule has 5 rings (SSSR count). The summed E-state index contributed by atoms with van der Waals surface area (Å²) in [6.07, 6.45) is 25.0. The van der Waals surface area contributed by atoms with Gasteiger partial charge in [0, 0.05) is 0 Å². The van der Waals surface area contributed by atoms with Crippen LogP contribution in [0, 0.1) is 46.3 Å². The highest BCUT2D eigenvalue weighted by Crippen LogP contribution is 2.67. The smallest absolute Gasteiger partial charge is 0.0577 e. The van der Waals surface area contributed by atoms with Crippen LogP contribution in [-0.2, 0) is 0 Å². The Morgan fingerprint density at radius 1 is 0.968 bits per heavy atom. The Morgan fingerprint density at radius 3 is 2.58 bits per heavy atom. The number of aliphatic hydroxyl groups excluding tert-OH is 1. The summed E-state index contributed by atoms with van der Waals surface area (Å²) in [5.74, 6) is 5.71. The van der Waals surface area contributed by atoms with Crippen molar-refractivity contribution in [3.05, 3.63) is 11.6 Å². The summed E-state index contributed by atoms with van der Waals surface area (Å²) < 4.78 is 0. The van der Waals surface area contributed by atoms with Crippen molar-refractivity contribution in [3.8, 4) is 0 Å². The van der Waals surface area contributed by atoms with Gasteiger partial charge in [-0.2, -0.15) is 0 Å². The molecule has 4 fully saturated rings. The van der Waals surface area contributed by atoms with Crippen LogP contribution in [0.3, 0.4) is 0 Å². The molecule has 8 atom stereocenters. The highest BCUT2D eigenvalue weighted by molar-refractivity contribution is 5.25. The Labute approximate surface area is 192 Å². The van der Waals surface area contributed by atoms with Gasteiger partial charge in [0.1, 0.15) is 0 Å². The quantitative estimate of drug-likeness (QED) is 0.438. The molecule has 5 aliphatic carbocycles. The predicted molar refractivity (Wildman–Crippen MR) is 131 cm³/mol. The molecule has 0 bridgehead atoms. The van der Waals surface area contributed by atoms with Crippen molar-refractivity contribution in [2.75, 3.05) is 0 Å². The summed E-state index contributed by atoms with van der Waals surface area (Å²) in [5, 5.41) is 10.3. The Kier molecular flexibility index (Phi) is 6.39. The molecule has 176 valence electrons. The van der Waals surface area contributed by atoms with Crippen LogP contribution in [0.4, 0.5) is 0 Å². The Balaban J connectivity index is 1.23. The molecule has 4 saturated carbocycles. The lowest BCUT2D eigenvalue weighted by Crippen LogP contribution is -2.50. The van der Waals surface area contributed by atoms with Gasteiger partial charge < -0.3 is 5.11 Å². The van der Waals surface area contributed by atoms with Crippen molar-refractivity contribution in [1.29, 1.82) is 0 Å². The molecule has 1 N–H and O–H groups in total. The van der Waals surface area contributed by atoms with Gasteiger partial charge in [-0.1, -0.05) is 83.8 Å². The van der Waals surface area contributed by atoms with E-state index in [2.05, 4.69) is 26.8 Å². The van der Waals surface area contributed by atoms with E-state index in [0.717, 1.165) is 48.3 Å². The Bertz CT molecular complexity index is 659. The van der Waals surface area contributed by atoms with Gasteiger partial charge in [-0.25, -0.2) is 0 Å². The first kappa shape index (κ1) is 22.5. The van der Waals surface area contributed by atoms with Crippen molar-refractivity contribution in [1.82, 2.24) is 0 Å². The fourth-order valence-electron chi connectivity index (χ4n) is 10.0. The van der Waals surface area contributed by atoms with Gasteiger partial charge in [-0.05, 0) is 97.7 Å². The van der Waals surface area contributed by atoms with E-state index in [1.807, 2.05) is 0 Å². The fraction of sp³-hybridized carbons (Fsp3) is 0.933. The lowest BCUT2D eigenvalue weighted by Gasteiger charge is -2.58. The third-order valence-corrected chi connectivity index (χ3v) is 11.8. The van der Waals surface area contributed by atoms with E-state index in [0.29, 0.717) is 10.8 Å². The zero-order valence-electron chi connectivity index (χ0n) is 20.9. The Morgan fingerprint density at radius 2 is 1.77 bits per heavy atom. The third-order valence-electron chi connectivity index (χ3n) is 11.8. The van der Waals surface area contributed by atoms with Crippen molar-refractivity contribution in [3.63, 3.8) is 0 Å². The summed E-state index contributed by atoms with van der Waals surface area (Å²) in [6.45, 7) is 7.91. The summed E-state index contributed by atoms with van der Waals surface area (Å²) in [4.78, 5) is 0. The molecule has 1 nitrogen and oxygen atoms in total. The van der Waals surface area contributed by atoms with Crippen LogP contribution in [0.25, 0.3) is 0 Å². The van der Waals surface area contributed by atoms with Gasteiger partial charge in [0.2, 0.25) is 0 Å². The van der Waals surface area contributed by atoms with E-state index >= 15 is 0 Å². The van der Waals surface area contributed by atoms with E-state index in [1.165, 1.54) is 89.9 Å². The summed E-state index contributed by atoms with van der Waals surface area (Å²) >= 11 is 0. The average Bonchev–Trinajstić information content (AvgIpc) is 3.12. The Hall–Kier alpha value is -0.300. The van der Waals surface area contributed by atoms with E-state index in [1.54, 1.807) is 5.57 Å². The molecule has 0 aromatic rings. The van der Waals surface area contributed by atoms with Crippen molar-refractivity contribution in [2.45, 2.75) is 130 Å². The normalized spacial score (nSPS) is 46.6. The average molecular weight is 427 g/mol. The second kappa shape index (κ2) is 8.81. The molecule has 0 aromatic carbocycles. The van der Waals surface area contributed by atoms with Gasteiger partial charge in [-0.3, -0.25) is 0 Å². The van der Waals surface area contributed by atoms with Gasteiger partial charge in [0.25, 0.3) is 0 Å². The van der Waals surface area contributed by atoms with Crippen LogP contribution in [0.2, 0.25) is 0 Å². The molecule has 0 heterocycles. The minimum absolute atomic E-state index is 0.0740. The molecule has 1 heteroatoms. The fourth-order valence-corrected chi connectivity index (χ4v) is 10.0. The zero-order valence-corrected chi connectivity index (χ0v) is 20.9. The monoisotopic (exact) mass is 426 g/mol. The number of aliphatic hydroxyl groups is 1. The van der Waals surface area contributed by atoms with E-state index in [9.17, 15) is 5.11 Å². The predicted octanol–water partition coefficient (Wildman–Crippen LogP) is 8.31. The molecular formula is C30H50O. The van der Waals surface area contributed by atoms with Crippen molar-refractivity contribution >= 4 is 0 Å². The summed E-state index contributed by atoms with van der Waals surface area (Å²) in [7, 11) is 0. The largest absolute Gasteiger partial charge is 0.393 e.